The zero-order chi connectivity index (χ0) is 32.8. The molecule has 0 saturated heterocycles. The third-order valence-corrected chi connectivity index (χ3v) is 9.26. The molecule has 1 unspecified atom stereocenters. The van der Waals surface area contributed by atoms with E-state index in [2.05, 4.69) is 20.3 Å². The molecule has 2 aromatic carbocycles. The van der Waals surface area contributed by atoms with E-state index in [1.165, 1.54) is 38.5 Å². The molecule has 2 saturated carbocycles. The highest BCUT2D eigenvalue weighted by molar-refractivity contribution is 6.04. The lowest BCUT2D eigenvalue weighted by Crippen LogP contribution is -2.50. The maximum atomic E-state index is 14.1. The maximum Gasteiger partial charge on any atom is 0.347 e. The second-order valence-electron chi connectivity index (χ2n) is 12.9. The quantitative estimate of drug-likeness (QED) is 0.105. The van der Waals surface area contributed by atoms with Crippen molar-refractivity contribution in [1.82, 2.24) is 15.4 Å². The molecule has 1 N–H and O–H groups in total. The van der Waals surface area contributed by atoms with E-state index < -0.39 is 6.04 Å². The summed E-state index contributed by atoms with van der Waals surface area (Å²) in [6.45, 7) is 3.04. The molecule has 0 radical (unpaired) electrons. The SMILES string of the molecule is CC(=CC(=O)c1ccccc1)NC(Cc1ccc(OCCN(C)c2ccccn2)cc1)C(=O)ON(C1CCCCC1)C1CCCCC1. The number of nitrogens with zero attached hydrogens (tertiary/aromatic N) is 3. The number of likely N-dealkylation sites (N-methyl/N-ethyl adjacent to an activating group) is 1. The Hall–Kier alpha value is -4.17. The summed E-state index contributed by atoms with van der Waals surface area (Å²) < 4.78 is 6.01. The van der Waals surface area contributed by atoms with Crippen LogP contribution in [0.3, 0.4) is 0 Å². The highest BCUT2D eigenvalue weighted by Crippen LogP contribution is 2.31. The molecule has 0 aliphatic heterocycles. The van der Waals surface area contributed by atoms with Crippen molar-refractivity contribution in [2.75, 3.05) is 25.1 Å². The van der Waals surface area contributed by atoms with Crippen molar-refractivity contribution in [3.05, 3.63) is 102 Å². The highest BCUT2D eigenvalue weighted by atomic mass is 16.7. The van der Waals surface area contributed by atoms with Gasteiger partial charge in [-0.15, -0.1) is 5.06 Å². The van der Waals surface area contributed by atoms with Gasteiger partial charge in [0.1, 0.15) is 24.2 Å². The number of ketones is 1. The number of nitrogens with one attached hydrogen (secondary N) is 1. The van der Waals surface area contributed by atoms with Crippen molar-refractivity contribution in [2.24, 2.45) is 0 Å². The van der Waals surface area contributed by atoms with Crippen LogP contribution >= 0.6 is 0 Å². The molecular weight excluding hydrogens is 588 g/mol. The number of benzene rings is 2. The number of carbonyl (C=O) groups is 2. The average molecular weight is 639 g/mol. The highest BCUT2D eigenvalue weighted by Gasteiger charge is 2.34. The summed E-state index contributed by atoms with van der Waals surface area (Å²) in [5.41, 5.74) is 2.21. The van der Waals surface area contributed by atoms with Crippen LogP contribution in [0, 0.1) is 0 Å². The monoisotopic (exact) mass is 638 g/mol. The molecule has 1 heterocycles. The van der Waals surface area contributed by atoms with Crippen molar-refractivity contribution in [2.45, 2.75) is 95.7 Å². The van der Waals surface area contributed by atoms with Gasteiger partial charge in [-0.05, 0) is 62.4 Å². The summed E-state index contributed by atoms with van der Waals surface area (Å²) in [5.74, 6) is 1.25. The molecule has 0 amide bonds. The molecule has 8 heteroatoms. The van der Waals surface area contributed by atoms with E-state index in [4.69, 9.17) is 9.57 Å². The molecule has 47 heavy (non-hydrogen) atoms. The number of ether oxygens (including phenoxy) is 1. The first-order chi connectivity index (χ1) is 23.0. The van der Waals surface area contributed by atoms with Crippen LogP contribution in [-0.4, -0.2) is 60.1 Å². The largest absolute Gasteiger partial charge is 0.492 e. The number of hydroxylamine groups is 2. The molecular formula is C39H50N4O4. The number of allylic oxidation sites excluding steroid dienone is 2. The van der Waals surface area contributed by atoms with Crippen LogP contribution in [0.25, 0.3) is 0 Å². The van der Waals surface area contributed by atoms with E-state index in [-0.39, 0.29) is 23.8 Å². The van der Waals surface area contributed by atoms with Gasteiger partial charge in [-0.3, -0.25) is 4.79 Å². The topological polar surface area (TPSA) is 84.0 Å². The molecule has 2 fully saturated rings. The second-order valence-corrected chi connectivity index (χ2v) is 12.9. The molecule has 1 atom stereocenters. The van der Waals surface area contributed by atoms with Gasteiger partial charge in [-0.25, -0.2) is 9.78 Å². The predicted octanol–water partition coefficient (Wildman–Crippen LogP) is 7.31. The lowest BCUT2D eigenvalue weighted by molar-refractivity contribution is -0.224. The Balaban J connectivity index is 1.27. The minimum atomic E-state index is -0.664. The van der Waals surface area contributed by atoms with E-state index in [1.807, 2.05) is 74.6 Å². The third-order valence-electron chi connectivity index (χ3n) is 9.26. The Morgan fingerprint density at radius 3 is 2.13 bits per heavy atom. The fraction of sp³-hybridized carbons (Fsp3) is 0.462. The van der Waals surface area contributed by atoms with Gasteiger partial charge >= 0.3 is 5.97 Å². The minimum Gasteiger partial charge on any atom is -0.492 e. The number of rotatable bonds is 15. The third kappa shape index (κ3) is 10.4. The summed E-state index contributed by atoms with van der Waals surface area (Å²) in [6.07, 6.45) is 15.2. The van der Waals surface area contributed by atoms with Gasteiger partial charge in [0.05, 0.1) is 6.54 Å². The summed E-state index contributed by atoms with van der Waals surface area (Å²) in [6, 6.07) is 22.8. The van der Waals surface area contributed by atoms with Crippen molar-refractivity contribution in [3.8, 4) is 5.75 Å². The molecule has 5 rings (SSSR count). The van der Waals surface area contributed by atoms with Crippen LogP contribution in [-0.2, 0) is 16.1 Å². The molecule has 1 aromatic heterocycles. The Kier molecular flexibility index (Phi) is 12.8. The van der Waals surface area contributed by atoms with Crippen LogP contribution in [0.15, 0.2) is 90.8 Å². The van der Waals surface area contributed by atoms with Crippen LogP contribution in [0.4, 0.5) is 5.82 Å². The van der Waals surface area contributed by atoms with Crippen LogP contribution in [0.1, 0.15) is 87.1 Å². The molecule has 3 aromatic rings. The zero-order valence-corrected chi connectivity index (χ0v) is 28.0. The van der Waals surface area contributed by atoms with E-state index in [0.29, 0.717) is 30.8 Å². The minimum absolute atomic E-state index is 0.107. The Labute approximate surface area is 280 Å². The Morgan fingerprint density at radius 1 is 0.872 bits per heavy atom. The predicted molar refractivity (Wildman–Crippen MR) is 186 cm³/mol. The first kappa shape index (κ1) is 34.2. The van der Waals surface area contributed by atoms with Crippen molar-refractivity contribution >= 4 is 17.6 Å². The first-order valence-electron chi connectivity index (χ1n) is 17.3. The molecule has 2 aliphatic rings. The van der Waals surface area contributed by atoms with Crippen molar-refractivity contribution in [1.29, 1.82) is 0 Å². The van der Waals surface area contributed by atoms with Gasteiger partial charge in [0, 0.05) is 49.1 Å². The van der Waals surface area contributed by atoms with Gasteiger partial charge in [0.2, 0.25) is 0 Å². The van der Waals surface area contributed by atoms with E-state index in [9.17, 15) is 9.59 Å². The van der Waals surface area contributed by atoms with Gasteiger partial charge in [-0.2, -0.15) is 0 Å². The first-order valence-corrected chi connectivity index (χ1v) is 17.3. The molecule has 250 valence electrons. The standard InChI is InChI=1S/C39H50N4O4/c1-30(28-37(44)32-14-6-3-7-15-32)41-36(39(45)47-43(33-16-8-4-9-17-33)34-18-10-5-11-19-34)29-31-21-23-35(24-22-31)46-27-26-42(2)38-20-12-13-25-40-38/h3,6-7,12-15,20-25,28,33-34,36,41H,4-5,8-11,16-19,26-27,29H2,1-2H3. The fourth-order valence-corrected chi connectivity index (χ4v) is 6.63. The van der Waals surface area contributed by atoms with E-state index in [1.54, 1.807) is 24.4 Å². The zero-order valence-electron chi connectivity index (χ0n) is 28.0. The number of aromatic nitrogens is 1. The smallest absolute Gasteiger partial charge is 0.347 e. The number of hydrogen-bond donors (Lipinski definition) is 1. The number of pyridine rings is 1. The maximum absolute atomic E-state index is 14.1. The molecule has 0 bridgehead atoms. The number of anilines is 1. The van der Waals surface area contributed by atoms with Gasteiger partial charge in [0.15, 0.2) is 5.78 Å². The number of carbonyl (C=O) groups excluding carboxylic acids is 2. The van der Waals surface area contributed by atoms with Gasteiger partial charge < -0.3 is 19.8 Å². The lowest BCUT2D eigenvalue weighted by atomic mass is 9.90. The molecule has 0 spiro atoms. The second kappa shape index (κ2) is 17.7. The fourth-order valence-electron chi connectivity index (χ4n) is 6.63. The Morgan fingerprint density at radius 2 is 1.51 bits per heavy atom. The van der Waals surface area contributed by atoms with Crippen molar-refractivity contribution in [3.63, 3.8) is 0 Å². The summed E-state index contributed by atoms with van der Waals surface area (Å²) >= 11 is 0. The summed E-state index contributed by atoms with van der Waals surface area (Å²) in [7, 11) is 1.99. The summed E-state index contributed by atoms with van der Waals surface area (Å²) in [4.78, 5) is 39.8. The van der Waals surface area contributed by atoms with Crippen LogP contribution < -0.4 is 15.0 Å². The van der Waals surface area contributed by atoms with Gasteiger partial charge in [-0.1, -0.05) is 87.1 Å². The van der Waals surface area contributed by atoms with Gasteiger partial charge in [0.25, 0.3) is 0 Å². The average Bonchev–Trinajstić information content (AvgIpc) is 3.12. The van der Waals surface area contributed by atoms with Crippen molar-refractivity contribution < 1.29 is 19.2 Å². The number of hydrogen-bond acceptors (Lipinski definition) is 8. The van der Waals surface area contributed by atoms with Crippen LogP contribution in [0.5, 0.6) is 5.75 Å². The normalized spacial score (nSPS) is 16.8. The Bertz CT molecular complexity index is 1400. The molecule has 8 nitrogen and oxygen atoms in total. The van der Waals surface area contributed by atoms with E-state index >= 15 is 0 Å². The lowest BCUT2D eigenvalue weighted by Gasteiger charge is -2.40. The van der Waals surface area contributed by atoms with Crippen LogP contribution in [0.2, 0.25) is 0 Å². The summed E-state index contributed by atoms with van der Waals surface area (Å²) in [5, 5.41) is 5.42. The van der Waals surface area contributed by atoms with E-state index in [0.717, 1.165) is 42.8 Å². The molecule has 2 aliphatic carbocycles.